The molecular weight excluding hydrogens is 184 g/mol. The lowest BCUT2D eigenvalue weighted by Gasteiger charge is -2.53. The quantitative estimate of drug-likeness (QED) is 0.651. The third-order valence-electron chi connectivity index (χ3n) is 4.04. The normalized spacial score (nSPS) is 65.1. The number of hydrogen-bond donors (Lipinski definition) is 1. The van der Waals surface area contributed by atoms with Crippen molar-refractivity contribution in [1.29, 1.82) is 0 Å². The lowest BCUT2D eigenvalue weighted by Crippen LogP contribution is -2.68. The lowest BCUT2D eigenvalue weighted by atomic mass is 9.83. The first-order valence-electron chi connectivity index (χ1n) is 5.08. The molecule has 3 saturated heterocycles. The van der Waals surface area contributed by atoms with E-state index >= 15 is 0 Å². The van der Waals surface area contributed by atoms with Gasteiger partial charge in [0.1, 0.15) is 23.9 Å². The molecule has 2 bridgehead atoms. The van der Waals surface area contributed by atoms with Gasteiger partial charge in [-0.15, -0.1) is 0 Å². The van der Waals surface area contributed by atoms with Crippen molar-refractivity contribution >= 4 is 0 Å². The maximum atomic E-state index is 10.0. The van der Waals surface area contributed by atoms with E-state index in [1.807, 2.05) is 13.8 Å². The maximum Gasteiger partial charge on any atom is 0.124 e. The van der Waals surface area contributed by atoms with E-state index in [0.29, 0.717) is 6.42 Å². The molecule has 0 aliphatic carbocycles. The first-order valence-corrected chi connectivity index (χ1v) is 5.08. The molecule has 1 N–H and O–H groups in total. The van der Waals surface area contributed by atoms with Crippen LogP contribution in [-0.4, -0.2) is 47.8 Å². The molecule has 0 aromatic rings. The maximum absolute atomic E-state index is 10.0. The predicted molar refractivity (Wildman–Crippen MR) is 48.0 cm³/mol. The number of aliphatic hydroxyl groups is 1. The molecule has 0 aromatic carbocycles. The van der Waals surface area contributed by atoms with Gasteiger partial charge < -0.3 is 19.3 Å². The highest BCUT2D eigenvalue weighted by Crippen LogP contribution is 2.57. The van der Waals surface area contributed by atoms with E-state index in [1.54, 1.807) is 7.11 Å². The van der Waals surface area contributed by atoms with Crippen LogP contribution in [0, 0.1) is 0 Å². The summed E-state index contributed by atoms with van der Waals surface area (Å²) in [5.41, 5.74) is -0.833. The smallest absolute Gasteiger partial charge is 0.124 e. The molecule has 4 heteroatoms. The van der Waals surface area contributed by atoms with Gasteiger partial charge in [-0.1, -0.05) is 0 Å². The van der Waals surface area contributed by atoms with E-state index in [2.05, 4.69) is 0 Å². The summed E-state index contributed by atoms with van der Waals surface area (Å²) in [4.78, 5) is 0. The molecule has 4 nitrogen and oxygen atoms in total. The van der Waals surface area contributed by atoms with Crippen LogP contribution in [0.2, 0.25) is 0 Å². The first kappa shape index (κ1) is 9.09. The fraction of sp³-hybridized carbons (Fsp3) is 1.00. The van der Waals surface area contributed by atoms with E-state index in [0.717, 1.165) is 0 Å². The SMILES string of the molecule is CO[C@H]1C[C@]2(C)O[C@@]3(C)[C@H](O[C@@H]13)[C@H]2O. The van der Waals surface area contributed by atoms with Gasteiger partial charge in [-0.05, 0) is 13.8 Å². The standard InChI is InChI=1S/C10H16O4/c1-9-4-5(12-3)7-10(2,14-9)8(13-7)6(9)11/h5-8,11H,4H2,1-3H3/t5-,6+,7-,8+,9-,10+/m0/s1. The second-order valence-electron chi connectivity index (χ2n) is 5.00. The Kier molecular flexibility index (Phi) is 1.51. The molecule has 80 valence electrons. The fourth-order valence-corrected chi connectivity index (χ4v) is 3.24. The Bertz CT molecular complexity index is 273. The molecule has 3 rings (SSSR count). The summed E-state index contributed by atoms with van der Waals surface area (Å²) in [5.74, 6) is 0. The van der Waals surface area contributed by atoms with E-state index in [9.17, 15) is 5.11 Å². The van der Waals surface area contributed by atoms with Gasteiger partial charge in [0.2, 0.25) is 0 Å². The van der Waals surface area contributed by atoms with Crippen LogP contribution in [0.5, 0.6) is 0 Å². The molecule has 6 atom stereocenters. The van der Waals surface area contributed by atoms with Crippen molar-refractivity contribution in [2.45, 2.75) is 55.9 Å². The summed E-state index contributed by atoms with van der Waals surface area (Å²) in [6, 6.07) is 0. The topological polar surface area (TPSA) is 47.9 Å². The summed E-state index contributed by atoms with van der Waals surface area (Å²) in [6.45, 7) is 3.94. The van der Waals surface area contributed by atoms with E-state index in [-0.39, 0.29) is 23.9 Å². The van der Waals surface area contributed by atoms with Gasteiger partial charge >= 0.3 is 0 Å². The summed E-state index contributed by atoms with van der Waals surface area (Å²) >= 11 is 0. The fourth-order valence-electron chi connectivity index (χ4n) is 3.24. The monoisotopic (exact) mass is 200 g/mol. The van der Waals surface area contributed by atoms with E-state index < -0.39 is 11.7 Å². The molecule has 3 aliphatic rings. The van der Waals surface area contributed by atoms with Crippen LogP contribution >= 0.6 is 0 Å². The average Bonchev–Trinajstić information content (AvgIpc) is 2.25. The van der Waals surface area contributed by atoms with Gasteiger partial charge in [-0.2, -0.15) is 0 Å². The van der Waals surface area contributed by atoms with Crippen molar-refractivity contribution < 1.29 is 19.3 Å². The lowest BCUT2D eigenvalue weighted by molar-refractivity contribution is -0.327. The Hall–Kier alpha value is -0.160. The number of ether oxygens (including phenoxy) is 3. The van der Waals surface area contributed by atoms with Crippen LogP contribution in [0.1, 0.15) is 20.3 Å². The van der Waals surface area contributed by atoms with Crippen LogP contribution in [-0.2, 0) is 14.2 Å². The van der Waals surface area contributed by atoms with Crippen LogP contribution in [0.25, 0.3) is 0 Å². The van der Waals surface area contributed by atoms with Crippen LogP contribution in [0.3, 0.4) is 0 Å². The molecular formula is C10H16O4. The van der Waals surface area contributed by atoms with Gasteiger partial charge in [-0.3, -0.25) is 0 Å². The number of rotatable bonds is 1. The van der Waals surface area contributed by atoms with Gasteiger partial charge in [-0.25, -0.2) is 0 Å². The van der Waals surface area contributed by atoms with Crippen LogP contribution in [0.4, 0.5) is 0 Å². The first-order chi connectivity index (χ1) is 6.51. The van der Waals surface area contributed by atoms with Crippen molar-refractivity contribution in [3.8, 4) is 0 Å². The summed E-state index contributed by atoms with van der Waals surface area (Å²) in [7, 11) is 1.69. The highest BCUT2D eigenvalue weighted by atomic mass is 16.7. The molecule has 0 saturated carbocycles. The second kappa shape index (κ2) is 2.32. The molecule has 0 spiro atoms. The Morgan fingerprint density at radius 3 is 2.71 bits per heavy atom. The molecule has 14 heavy (non-hydrogen) atoms. The zero-order valence-electron chi connectivity index (χ0n) is 8.69. The van der Waals surface area contributed by atoms with E-state index in [1.165, 1.54) is 0 Å². The number of aliphatic hydroxyl groups excluding tert-OH is 1. The second-order valence-corrected chi connectivity index (χ2v) is 5.00. The summed E-state index contributed by atoms with van der Waals surface area (Å²) < 4.78 is 16.9. The molecule has 0 amide bonds. The molecule has 0 unspecified atom stereocenters. The van der Waals surface area contributed by atoms with Crippen molar-refractivity contribution in [1.82, 2.24) is 0 Å². The van der Waals surface area contributed by atoms with E-state index in [4.69, 9.17) is 14.2 Å². The van der Waals surface area contributed by atoms with Crippen molar-refractivity contribution in [2.24, 2.45) is 0 Å². The van der Waals surface area contributed by atoms with Gasteiger partial charge in [0.25, 0.3) is 0 Å². The summed E-state index contributed by atoms with van der Waals surface area (Å²) in [5, 5.41) is 10.0. The third-order valence-corrected chi connectivity index (χ3v) is 4.04. The summed E-state index contributed by atoms with van der Waals surface area (Å²) in [6.07, 6.45) is 0.0537. The van der Waals surface area contributed by atoms with Gasteiger partial charge in [0, 0.05) is 13.5 Å². The highest BCUT2D eigenvalue weighted by molar-refractivity contribution is 5.22. The minimum atomic E-state index is -0.524. The molecule has 3 aliphatic heterocycles. The van der Waals surface area contributed by atoms with Crippen molar-refractivity contribution in [2.75, 3.05) is 7.11 Å². The Labute approximate surface area is 83.1 Å². The average molecular weight is 200 g/mol. The van der Waals surface area contributed by atoms with Crippen LogP contribution in [0.15, 0.2) is 0 Å². The third kappa shape index (κ3) is 0.758. The largest absolute Gasteiger partial charge is 0.387 e. The molecule has 0 radical (unpaired) electrons. The minimum absolute atomic E-state index is 0.0114. The molecule has 0 aromatic heterocycles. The van der Waals surface area contributed by atoms with Gasteiger partial charge in [0.05, 0.1) is 11.7 Å². The van der Waals surface area contributed by atoms with Gasteiger partial charge in [0.15, 0.2) is 0 Å². The number of fused-ring (bicyclic) bond motifs is 1. The Morgan fingerprint density at radius 2 is 2.07 bits per heavy atom. The number of hydrogen-bond acceptors (Lipinski definition) is 4. The van der Waals surface area contributed by atoms with Crippen LogP contribution < -0.4 is 0 Å². The zero-order chi connectivity index (χ0) is 10.1. The predicted octanol–water partition coefficient (Wildman–Crippen LogP) is 0.0810. The molecule has 3 heterocycles. The molecule has 3 fully saturated rings. The highest BCUT2D eigenvalue weighted by Gasteiger charge is 2.74. The zero-order valence-corrected chi connectivity index (χ0v) is 8.69. The minimum Gasteiger partial charge on any atom is -0.387 e. The Balaban J connectivity index is 2.01. The number of methoxy groups -OCH3 is 1. The van der Waals surface area contributed by atoms with Crippen molar-refractivity contribution in [3.05, 3.63) is 0 Å². The Morgan fingerprint density at radius 1 is 1.36 bits per heavy atom. The van der Waals surface area contributed by atoms with Crippen molar-refractivity contribution in [3.63, 3.8) is 0 Å².